The maximum atomic E-state index is 10.2. The Bertz CT molecular complexity index is 253. The van der Waals surface area contributed by atoms with Crippen molar-refractivity contribution >= 4 is 17.9 Å². The molecule has 1 aromatic rings. The number of carbonyl (C=O) groups excluding carboxylic acids is 1. The fourth-order valence-corrected chi connectivity index (χ4v) is 1.18. The molecule has 0 fully saturated rings. The van der Waals surface area contributed by atoms with Crippen LogP contribution in [-0.4, -0.2) is 11.7 Å². The van der Waals surface area contributed by atoms with Gasteiger partial charge in [0, 0.05) is 0 Å². The molecular weight excluding hydrogens is 172 g/mol. The summed E-state index contributed by atoms with van der Waals surface area (Å²) in [6, 6.07) is 8.02. The number of halogens is 1. The molecule has 0 spiro atoms. The zero-order valence-electron chi connectivity index (χ0n) is 6.96. The summed E-state index contributed by atoms with van der Waals surface area (Å²) in [5.41, 5.74) is 2.32. The third-order valence-corrected chi connectivity index (χ3v) is 1.96. The first kappa shape index (κ1) is 9.27. The van der Waals surface area contributed by atoms with Gasteiger partial charge < -0.3 is 4.79 Å². The smallest absolute Gasteiger partial charge is 0.138 e. The van der Waals surface area contributed by atoms with Crippen LogP contribution in [0, 0.1) is 6.92 Å². The summed E-state index contributed by atoms with van der Waals surface area (Å²) in [6.45, 7) is 2.03. The molecule has 0 amide bonds. The number of hydrogen-bond acceptors (Lipinski definition) is 1. The molecule has 1 aromatic carbocycles. The minimum absolute atomic E-state index is 0.396. The quantitative estimate of drug-likeness (QED) is 0.518. The van der Waals surface area contributed by atoms with E-state index in [0.717, 1.165) is 11.8 Å². The molecule has 0 unspecified atom stereocenters. The topological polar surface area (TPSA) is 17.1 Å². The third kappa shape index (κ3) is 2.67. The number of aryl methyl sites for hydroxylation is 1. The average molecular weight is 183 g/mol. The van der Waals surface area contributed by atoms with Crippen LogP contribution in [0.4, 0.5) is 0 Å². The number of carbonyl (C=O) groups is 1. The molecule has 0 heterocycles. The lowest BCUT2D eigenvalue weighted by atomic mass is 10.1. The Morgan fingerprint density at radius 3 is 2.50 bits per heavy atom. The second-order valence-electron chi connectivity index (χ2n) is 2.84. The first-order chi connectivity index (χ1) is 5.72. The molecule has 2 heteroatoms. The Labute approximate surface area is 77.4 Å². The van der Waals surface area contributed by atoms with Gasteiger partial charge in [0.25, 0.3) is 0 Å². The Morgan fingerprint density at radius 2 is 2.00 bits per heavy atom. The van der Waals surface area contributed by atoms with Gasteiger partial charge in [-0.05, 0) is 18.9 Å². The Hall–Kier alpha value is -0.820. The second kappa shape index (κ2) is 4.27. The normalized spacial score (nSPS) is 12.5. The highest BCUT2D eigenvalue weighted by Gasteiger charge is 2.02. The van der Waals surface area contributed by atoms with Gasteiger partial charge in [0.2, 0.25) is 0 Å². The van der Waals surface area contributed by atoms with Crippen LogP contribution in [0.1, 0.15) is 11.1 Å². The highest BCUT2D eigenvalue weighted by Crippen LogP contribution is 2.07. The Balaban J connectivity index is 2.64. The molecule has 0 bridgehead atoms. The number of rotatable bonds is 3. The van der Waals surface area contributed by atoms with E-state index in [1.54, 1.807) is 0 Å². The minimum Gasteiger partial charge on any atom is -0.302 e. The van der Waals surface area contributed by atoms with Crippen molar-refractivity contribution in [2.24, 2.45) is 0 Å². The highest BCUT2D eigenvalue weighted by atomic mass is 35.5. The van der Waals surface area contributed by atoms with Crippen molar-refractivity contribution < 1.29 is 4.79 Å². The van der Waals surface area contributed by atoms with Gasteiger partial charge in [-0.3, -0.25) is 0 Å². The van der Waals surface area contributed by atoms with E-state index >= 15 is 0 Å². The van der Waals surface area contributed by atoms with Gasteiger partial charge in [0.1, 0.15) is 6.29 Å². The first-order valence-electron chi connectivity index (χ1n) is 3.87. The van der Waals surface area contributed by atoms with Gasteiger partial charge in [0.05, 0.1) is 5.38 Å². The molecule has 0 radical (unpaired) electrons. The van der Waals surface area contributed by atoms with Crippen molar-refractivity contribution in [1.29, 1.82) is 0 Å². The zero-order valence-corrected chi connectivity index (χ0v) is 7.71. The molecule has 0 aliphatic carbocycles. The van der Waals surface area contributed by atoms with E-state index in [-0.39, 0.29) is 0 Å². The van der Waals surface area contributed by atoms with E-state index in [0.29, 0.717) is 6.42 Å². The average Bonchev–Trinajstić information content (AvgIpc) is 2.09. The fourth-order valence-electron chi connectivity index (χ4n) is 0.997. The van der Waals surface area contributed by atoms with E-state index in [9.17, 15) is 4.79 Å². The van der Waals surface area contributed by atoms with Crippen molar-refractivity contribution in [3.63, 3.8) is 0 Å². The molecule has 1 atom stereocenters. The minimum atomic E-state index is -0.396. The van der Waals surface area contributed by atoms with E-state index < -0.39 is 5.38 Å². The zero-order chi connectivity index (χ0) is 8.97. The lowest BCUT2D eigenvalue weighted by molar-refractivity contribution is -0.107. The summed E-state index contributed by atoms with van der Waals surface area (Å²) < 4.78 is 0. The monoisotopic (exact) mass is 182 g/mol. The SMILES string of the molecule is Cc1ccc(C[C@@H](Cl)C=O)cc1. The van der Waals surface area contributed by atoms with E-state index in [4.69, 9.17) is 11.6 Å². The molecule has 64 valence electrons. The van der Waals surface area contributed by atoms with Gasteiger partial charge in [-0.15, -0.1) is 11.6 Å². The van der Waals surface area contributed by atoms with Crippen molar-refractivity contribution in [3.8, 4) is 0 Å². The fraction of sp³-hybridized carbons (Fsp3) is 0.300. The van der Waals surface area contributed by atoms with Crippen LogP contribution < -0.4 is 0 Å². The summed E-state index contributed by atoms with van der Waals surface area (Å²) >= 11 is 5.67. The predicted octanol–water partition coefficient (Wildman–Crippen LogP) is 2.34. The number of hydrogen-bond donors (Lipinski definition) is 0. The van der Waals surface area contributed by atoms with Gasteiger partial charge in [0.15, 0.2) is 0 Å². The second-order valence-corrected chi connectivity index (χ2v) is 3.40. The van der Waals surface area contributed by atoms with Crippen molar-refractivity contribution in [2.75, 3.05) is 0 Å². The highest BCUT2D eigenvalue weighted by molar-refractivity contribution is 6.27. The molecule has 0 aliphatic rings. The molecular formula is C10H11ClO. The van der Waals surface area contributed by atoms with Gasteiger partial charge in [-0.1, -0.05) is 29.8 Å². The lowest BCUT2D eigenvalue weighted by Crippen LogP contribution is -2.03. The Kier molecular flexibility index (Phi) is 3.30. The number of benzene rings is 1. The van der Waals surface area contributed by atoms with Gasteiger partial charge in [-0.25, -0.2) is 0 Å². The Morgan fingerprint density at radius 1 is 1.42 bits per heavy atom. The molecule has 1 rings (SSSR count). The van der Waals surface area contributed by atoms with E-state index in [2.05, 4.69) is 0 Å². The van der Waals surface area contributed by atoms with Crippen LogP contribution in [0.5, 0.6) is 0 Å². The maximum Gasteiger partial charge on any atom is 0.138 e. The maximum absolute atomic E-state index is 10.2. The summed E-state index contributed by atoms with van der Waals surface area (Å²) in [7, 11) is 0. The molecule has 0 N–H and O–H groups in total. The molecule has 1 nitrogen and oxygen atoms in total. The summed E-state index contributed by atoms with van der Waals surface area (Å²) in [6.07, 6.45) is 1.38. The van der Waals surface area contributed by atoms with Crippen LogP contribution >= 0.6 is 11.6 Å². The van der Waals surface area contributed by atoms with Crippen LogP contribution in [0.15, 0.2) is 24.3 Å². The van der Waals surface area contributed by atoms with Gasteiger partial charge >= 0.3 is 0 Å². The summed E-state index contributed by atoms with van der Waals surface area (Å²) in [5, 5.41) is -0.396. The standard InChI is InChI=1S/C10H11ClO/c1-8-2-4-9(5-3-8)6-10(11)7-12/h2-5,7,10H,6H2,1H3/t10-/m1/s1. The number of aldehydes is 1. The van der Waals surface area contributed by atoms with E-state index in [1.165, 1.54) is 5.56 Å². The van der Waals surface area contributed by atoms with Crippen molar-refractivity contribution in [3.05, 3.63) is 35.4 Å². The summed E-state index contributed by atoms with van der Waals surface area (Å²) in [4.78, 5) is 10.2. The molecule has 12 heavy (non-hydrogen) atoms. The largest absolute Gasteiger partial charge is 0.302 e. The molecule has 0 saturated heterocycles. The van der Waals surface area contributed by atoms with Crippen molar-refractivity contribution in [2.45, 2.75) is 18.7 Å². The van der Waals surface area contributed by atoms with Crippen LogP contribution in [-0.2, 0) is 11.2 Å². The van der Waals surface area contributed by atoms with Crippen LogP contribution in [0.2, 0.25) is 0 Å². The third-order valence-electron chi connectivity index (χ3n) is 1.70. The van der Waals surface area contributed by atoms with Crippen LogP contribution in [0.3, 0.4) is 0 Å². The van der Waals surface area contributed by atoms with Crippen molar-refractivity contribution in [1.82, 2.24) is 0 Å². The lowest BCUT2D eigenvalue weighted by Gasteiger charge is -2.01. The van der Waals surface area contributed by atoms with Crippen LogP contribution in [0.25, 0.3) is 0 Å². The molecule has 0 aromatic heterocycles. The number of alkyl halides is 1. The predicted molar refractivity (Wildman–Crippen MR) is 50.6 cm³/mol. The molecule has 0 saturated carbocycles. The van der Waals surface area contributed by atoms with Gasteiger partial charge in [-0.2, -0.15) is 0 Å². The van der Waals surface area contributed by atoms with E-state index in [1.807, 2.05) is 31.2 Å². The first-order valence-corrected chi connectivity index (χ1v) is 4.31. The summed E-state index contributed by atoms with van der Waals surface area (Å²) in [5.74, 6) is 0. The molecule has 0 aliphatic heterocycles.